The number of anilines is 1. The number of primary amides is 1. The first-order valence-electron chi connectivity index (χ1n) is 7.58. The molecule has 1 amide bonds. The van der Waals surface area contributed by atoms with Crippen LogP contribution in [0.15, 0.2) is 18.2 Å². The monoisotopic (exact) mass is 290 g/mol. The van der Waals surface area contributed by atoms with E-state index in [9.17, 15) is 4.79 Å². The third-order valence-corrected chi connectivity index (χ3v) is 4.53. The van der Waals surface area contributed by atoms with E-state index in [1.165, 1.54) is 12.8 Å². The van der Waals surface area contributed by atoms with Crippen molar-refractivity contribution in [1.82, 2.24) is 0 Å². The van der Waals surface area contributed by atoms with Crippen LogP contribution in [0, 0.1) is 0 Å². The van der Waals surface area contributed by atoms with Gasteiger partial charge < -0.3 is 20.9 Å². The number of benzene rings is 1. The lowest BCUT2D eigenvalue weighted by Gasteiger charge is -2.38. The van der Waals surface area contributed by atoms with Crippen molar-refractivity contribution in [1.29, 1.82) is 0 Å². The van der Waals surface area contributed by atoms with Crippen molar-refractivity contribution in [2.24, 2.45) is 5.73 Å². The number of carbonyl (C=O) groups is 1. The summed E-state index contributed by atoms with van der Waals surface area (Å²) in [6.07, 6.45) is 6.45. The predicted molar refractivity (Wildman–Crippen MR) is 80.2 cm³/mol. The van der Waals surface area contributed by atoms with Crippen molar-refractivity contribution in [2.45, 2.75) is 50.2 Å². The van der Waals surface area contributed by atoms with Crippen molar-refractivity contribution in [3.8, 4) is 5.75 Å². The smallest absolute Gasteiger partial charge is 0.252 e. The number of nitrogen functional groups attached to an aromatic ring is 1. The summed E-state index contributed by atoms with van der Waals surface area (Å²) in [5.41, 5.74) is 12.0. The number of hydrogen-bond donors (Lipinski definition) is 2. The van der Waals surface area contributed by atoms with Gasteiger partial charge in [-0.3, -0.25) is 4.79 Å². The molecule has 4 N–H and O–H groups in total. The van der Waals surface area contributed by atoms with Gasteiger partial charge in [0.15, 0.2) is 0 Å². The minimum absolute atomic E-state index is 0.0103. The highest BCUT2D eigenvalue weighted by atomic mass is 16.5. The highest BCUT2D eigenvalue weighted by Gasteiger charge is 2.40. The van der Waals surface area contributed by atoms with E-state index >= 15 is 0 Å². The van der Waals surface area contributed by atoms with Gasteiger partial charge in [-0.25, -0.2) is 0 Å². The lowest BCUT2D eigenvalue weighted by molar-refractivity contribution is -0.108. The van der Waals surface area contributed by atoms with E-state index in [4.69, 9.17) is 20.9 Å². The predicted octanol–water partition coefficient (Wildman–Crippen LogP) is 2.24. The van der Waals surface area contributed by atoms with E-state index in [0.717, 1.165) is 25.7 Å². The fraction of sp³-hybridized carbons (Fsp3) is 0.562. The summed E-state index contributed by atoms with van der Waals surface area (Å²) >= 11 is 0. The molecular weight excluding hydrogens is 268 g/mol. The molecule has 1 unspecified atom stereocenters. The molecule has 1 saturated heterocycles. The molecule has 1 spiro atoms. The number of nitrogens with two attached hydrogens (primary N) is 2. The van der Waals surface area contributed by atoms with Crippen LogP contribution < -0.4 is 16.2 Å². The molecule has 2 fully saturated rings. The third kappa shape index (κ3) is 2.97. The van der Waals surface area contributed by atoms with E-state index in [2.05, 4.69) is 0 Å². The van der Waals surface area contributed by atoms with Gasteiger partial charge in [-0.05, 0) is 31.0 Å². The van der Waals surface area contributed by atoms with Crippen LogP contribution in [0.4, 0.5) is 5.69 Å². The first-order chi connectivity index (χ1) is 10.1. The Morgan fingerprint density at radius 2 is 2.10 bits per heavy atom. The molecule has 1 atom stereocenters. The number of ether oxygens (including phenoxy) is 2. The fourth-order valence-electron chi connectivity index (χ4n) is 3.47. The molecule has 0 aromatic heterocycles. The van der Waals surface area contributed by atoms with Crippen LogP contribution in [-0.2, 0) is 4.74 Å². The molecule has 1 heterocycles. The van der Waals surface area contributed by atoms with E-state index in [1.54, 1.807) is 18.2 Å². The second-order valence-electron chi connectivity index (χ2n) is 6.09. The highest BCUT2D eigenvalue weighted by Crippen LogP contribution is 2.41. The summed E-state index contributed by atoms with van der Waals surface area (Å²) in [5.74, 6) is 0.0108. The Balaban J connectivity index is 1.75. The number of hydrogen-bond acceptors (Lipinski definition) is 4. The Hall–Kier alpha value is -1.75. The topological polar surface area (TPSA) is 87.6 Å². The molecule has 21 heavy (non-hydrogen) atoms. The Bertz CT molecular complexity index is 538. The van der Waals surface area contributed by atoms with Crippen molar-refractivity contribution >= 4 is 11.6 Å². The molecule has 2 aliphatic rings. The largest absolute Gasteiger partial charge is 0.489 e. The Kier molecular flexibility index (Phi) is 3.76. The van der Waals surface area contributed by atoms with Crippen molar-refractivity contribution in [3.63, 3.8) is 0 Å². The van der Waals surface area contributed by atoms with Gasteiger partial charge in [0.05, 0.1) is 17.8 Å². The van der Waals surface area contributed by atoms with Gasteiger partial charge in [-0.15, -0.1) is 0 Å². The van der Waals surface area contributed by atoms with Crippen LogP contribution in [0.5, 0.6) is 5.75 Å². The molecule has 1 aromatic carbocycles. The standard InChI is InChI=1S/C16H22N2O3/c17-11-3-4-14(13(9-11)15(18)19)21-12-5-8-20-16(10-12)6-1-2-7-16/h3-4,9,12H,1-2,5-8,10,17H2,(H2,18,19). The Morgan fingerprint density at radius 1 is 1.33 bits per heavy atom. The quantitative estimate of drug-likeness (QED) is 0.836. The van der Waals surface area contributed by atoms with Crippen LogP contribution in [0.25, 0.3) is 0 Å². The van der Waals surface area contributed by atoms with Crippen molar-refractivity contribution in [2.75, 3.05) is 12.3 Å². The molecule has 5 nitrogen and oxygen atoms in total. The Labute approximate surface area is 124 Å². The van der Waals surface area contributed by atoms with Crippen LogP contribution >= 0.6 is 0 Å². The van der Waals surface area contributed by atoms with Crippen molar-refractivity contribution in [3.05, 3.63) is 23.8 Å². The lowest BCUT2D eigenvalue weighted by Crippen LogP contribution is -2.41. The van der Waals surface area contributed by atoms with Gasteiger partial charge in [0.25, 0.3) is 5.91 Å². The molecular formula is C16H22N2O3. The zero-order chi connectivity index (χ0) is 14.9. The third-order valence-electron chi connectivity index (χ3n) is 4.53. The van der Waals surface area contributed by atoms with E-state index < -0.39 is 5.91 Å². The fourth-order valence-corrected chi connectivity index (χ4v) is 3.47. The van der Waals surface area contributed by atoms with Crippen molar-refractivity contribution < 1.29 is 14.3 Å². The maximum Gasteiger partial charge on any atom is 0.252 e. The van der Waals surface area contributed by atoms with Gasteiger partial charge >= 0.3 is 0 Å². The zero-order valence-electron chi connectivity index (χ0n) is 12.1. The van der Waals surface area contributed by atoms with Crippen LogP contribution in [0.1, 0.15) is 48.9 Å². The SMILES string of the molecule is NC(=O)c1cc(N)ccc1OC1CCOC2(CCCC2)C1. The molecule has 1 aliphatic carbocycles. The number of amides is 1. The van der Waals surface area contributed by atoms with Crippen LogP contribution in [0.2, 0.25) is 0 Å². The van der Waals surface area contributed by atoms with E-state index in [1.807, 2.05) is 0 Å². The minimum Gasteiger partial charge on any atom is -0.489 e. The first-order valence-corrected chi connectivity index (χ1v) is 7.58. The molecule has 5 heteroatoms. The second kappa shape index (κ2) is 5.56. The molecule has 1 aliphatic heterocycles. The molecule has 114 valence electrons. The van der Waals surface area contributed by atoms with Crippen LogP contribution in [-0.4, -0.2) is 24.2 Å². The van der Waals surface area contributed by atoms with E-state index in [0.29, 0.717) is 23.6 Å². The minimum atomic E-state index is -0.514. The average Bonchev–Trinajstić information content (AvgIpc) is 2.88. The van der Waals surface area contributed by atoms with Crippen LogP contribution in [0.3, 0.4) is 0 Å². The summed E-state index contributed by atoms with van der Waals surface area (Å²) in [6.45, 7) is 0.714. The summed E-state index contributed by atoms with van der Waals surface area (Å²) in [5, 5.41) is 0. The second-order valence-corrected chi connectivity index (χ2v) is 6.09. The number of rotatable bonds is 3. The summed E-state index contributed by atoms with van der Waals surface area (Å²) in [6, 6.07) is 5.03. The number of carbonyl (C=O) groups excluding carboxylic acids is 1. The molecule has 0 radical (unpaired) electrons. The zero-order valence-corrected chi connectivity index (χ0v) is 12.1. The van der Waals surface area contributed by atoms with Gasteiger partial charge in [-0.1, -0.05) is 12.8 Å². The molecule has 1 aromatic rings. The lowest BCUT2D eigenvalue weighted by atomic mass is 9.90. The van der Waals surface area contributed by atoms with E-state index in [-0.39, 0.29) is 11.7 Å². The Morgan fingerprint density at radius 3 is 2.81 bits per heavy atom. The van der Waals surface area contributed by atoms with Gasteiger partial charge in [-0.2, -0.15) is 0 Å². The summed E-state index contributed by atoms with van der Waals surface area (Å²) < 4.78 is 12.1. The molecule has 1 saturated carbocycles. The first kappa shape index (κ1) is 14.2. The van der Waals surface area contributed by atoms with Gasteiger partial charge in [0, 0.05) is 18.5 Å². The summed E-state index contributed by atoms with van der Waals surface area (Å²) in [7, 11) is 0. The normalized spacial score (nSPS) is 24.1. The maximum absolute atomic E-state index is 11.5. The van der Waals surface area contributed by atoms with Gasteiger partial charge in [0.1, 0.15) is 11.9 Å². The maximum atomic E-state index is 11.5. The van der Waals surface area contributed by atoms with Gasteiger partial charge in [0.2, 0.25) is 0 Å². The highest BCUT2D eigenvalue weighted by molar-refractivity contribution is 5.96. The molecule has 3 rings (SSSR count). The average molecular weight is 290 g/mol. The molecule has 0 bridgehead atoms. The summed E-state index contributed by atoms with van der Waals surface area (Å²) in [4.78, 5) is 11.5.